The molecule has 15 N–H and O–H groups in total. The van der Waals surface area contributed by atoms with E-state index in [4.69, 9.17) is 24.7 Å². The van der Waals surface area contributed by atoms with Gasteiger partial charge in [-0.3, -0.25) is 10.2 Å². The Bertz CT molecular complexity index is 1820. The molecule has 2 amide bonds. The maximum absolute atomic E-state index is 13.2. The Morgan fingerprint density at radius 1 is 0.722 bits per heavy atom. The van der Waals surface area contributed by atoms with Crippen molar-refractivity contribution in [3.63, 3.8) is 0 Å². The van der Waals surface area contributed by atoms with Gasteiger partial charge in [-0.2, -0.15) is 0 Å². The van der Waals surface area contributed by atoms with E-state index in [2.05, 4.69) is 16.2 Å². The van der Waals surface area contributed by atoms with Gasteiger partial charge in [-0.25, -0.2) is 10.2 Å². The highest BCUT2D eigenvalue weighted by Gasteiger charge is 2.49. The standard InChI is InChI=1S/C51H85N5O16/c1-31-19-17-15-13-11-9-7-8-10-12-14-16-18-20-38(71-49-48(66)44(52)47(65)34(4)70-49)28-42-45(54-50(67)55-53-23-24-56(5)6)41(62)30-51(68,72-42)29-37(59)26-40(61)39(60)22-21-35(57)25-36(58)27-43(63)69-33(3)32(2)46(31)64/h7-20,31-42,44-49,53,57-62,64-66,68H,21-30,52H2,1-6H3,(H2,54,55,67)/b8-7+,11-9+,12-10+,15-13+,16-14+,19-17+,20-18+/t31-,32-,33-,34+,35+,36+,37-,38-,39+,40+,41-,42-,44-,45+,46+,47+,48-,49-,51+/m0/s1. The minimum Gasteiger partial charge on any atom is -0.462 e. The summed E-state index contributed by atoms with van der Waals surface area (Å²) >= 11 is 0. The maximum atomic E-state index is 13.2. The molecule has 0 spiro atoms. The van der Waals surface area contributed by atoms with Gasteiger partial charge in [-0.1, -0.05) is 98.9 Å². The summed E-state index contributed by atoms with van der Waals surface area (Å²) in [6.07, 6.45) is 4.86. The topological polar surface area (TPSA) is 339 Å². The van der Waals surface area contributed by atoms with Crippen LogP contribution in [0.5, 0.6) is 0 Å². The van der Waals surface area contributed by atoms with Gasteiger partial charge in [0.2, 0.25) is 0 Å². The number of allylic oxidation sites excluding steroid dienone is 12. The number of hydrazine groups is 1. The summed E-state index contributed by atoms with van der Waals surface area (Å²) in [6.45, 7) is 7.77. The predicted octanol–water partition coefficient (Wildman–Crippen LogP) is -0.255. The summed E-state index contributed by atoms with van der Waals surface area (Å²) in [4.78, 5) is 27.7. The summed E-state index contributed by atoms with van der Waals surface area (Å²) in [6, 6.07) is -3.06. The summed E-state index contributed by atoms with van der Waals surface area (Å²) in [5, 5.41) is 113. The van der Waals surface area contributed by atoms with E-state index < -0.39 is 147 Å². The van der Waals surface area contributed by atoms with E-state index in [1.807, 2.05) is 62.4 Å². The Kier molecular flexibility index (Phi) is 27.7. The number of nitrogens with two attached hydrogens (primary N) is 1. The molecule has 19 atom stereocenters. The molecule has 2 fully saturated rings. The molecule has 2 bridgehead atoms. The van der Waals surface area contributed by atoms with Crippen molar-refractivity contribution in [2.24, 2.45) is 17.6 Å². The van der Waals surface area contributed by atoms with Crippen molar-refractivity contribution < 1.29 is 79.6 Å². The lowest BCUT2D eigenvalue weighted by atomic mass is 9.87. The van der Waals surface area contributed by atoms with Gasteiger partial charge in [0, 0.05) is 50.6 Å². The van der Waals surface area contributed by atoms with Gasteiger partial charge < -0.3 is 86.0 Å². The molecule has 3 rings (SSSR count). The number of urea groups is 1. The van der Waals surface area contributed by atoms with Crippen LogP contribution in [0.3, 0.4) is 0 Å². The van der Waals surface area contributed by atoms with Gasteiger partial charge in [0.1, 0.15) is 12.2 Å². The summed E-state index contributed by atoms with van der Waals surface area (Å²) in [5.74, 6) is -3.72. The van der Waals surface area contributed by atoms with E-state index in [0.29, 0.717) is 13.1 Å². The SMILES string of the molecule is C[C@@H]1[C@H](O)[C@@H](C)/C=C/C=C/C=C/C=C/C=C/C=C/C=C/[C@H](O[C@@H]2O[C@H](C)[C@@H](O)[C@H](N)[C@@H]2O)C[C@@H]2O[C@](O)(C[C@@H](O)C[C@@H](O)[C@H](O)CC[C@@H](O)C[C@@H](O)CC(=O)O[C@H]1C)C[C@H](O)[C@H]2NC(=O)NNCCN(C)C. The summed E-state index contributed by atoms with van der Waals surface area (Å²) in [5.41, 5.74) is 11.4. The molecule has 72 heavy (non-hydrogen) atoms. The zero-order valence-corrected chi connectivity index (χ0v) is 42.5. The van der Waals surface area contributed by atoms with Gasteiger partial charge in [0.15, 0.2) is 12.1 Å². The van der Waals surface area contributed by atoms with E-state index in [1.165, 1.54) is 0 Å². The molecular weight excluding hydrogens is 939 g/mol. The van der Waals surface area contributed by atoms with Crippen molar-refractivity contribution in [2.45, 2.75) is 183 Å². The highest BCUT2D eigenvalue weighted by Crippen LogP contribution is 2.35. The smallest absolute Gasteiger partial charge is 0.329 e. The first-order valence-electron chi connectivity index (χ1n) is 24.9. The molecule has 0 aromatic heterocycles. The number of fused-ring (bicyclic) bond motifs is 2. The third-order valence-electron chi connectivity index (χ3n) is 12.9. The second-order valence-electron chi connectivity index (χ2n) is 19.6. The molecule has 0 aromatic carbocycles. The van der Waals surface area contributed by atoms with Crippen LogP contribution in [0.15, 0.2) is 85.1 Å². The van der Waals surface area contributed by atoms with Crippen LogP contribution < -0.4 is 21.9 Å². The molecular formula is C51H85N5O16. The number of ether oxygens (including phenoxy) is 4. The number of aliphatic hydroxyl groups excluding tert-OH is 9. The van der Waals surface area contributed by atoms with E-state index in [0.717, 1.165) is 0 Å². The fourth-order valence-corrected chi connectivity index (χ4v) is 8.44. The number of esters is 1. The van der Waals surface area contributed by atoms with Gasteiger partial charge in [0.25, 0.3) is 0 Å². The number of carbonyl (C=O) groups excluding carboxylic acids is 2. The van der Waals surface area contributed by atoms with E-state index in [1.54, 1.807) is 69.4 Å². The van der Waals surface area contributed by atoms with Crippen LogP contribution in [0.2, 0.25) is 0 Å². The number of cyclic esters (lactones) is 1. The second kappa shape index (κ2) is 31.9. The summed E-state index contributed by atoms with van der Waals surface area (Å²) in [7, 11) is 3.72. The molecule has 3 aliphatic rings. The first kappa shape index (κ1) is 62.6. The second-order valence-corrected chi connectivity index (χ2v) is 19.6. The van der Waals surface area contributed by atoms with Crippen LogP contribution in [0.1, 0.15) is 79.1 Å². The van der Waals surface area contributed by atoms with Gasteiger partial charge in [-0.05, 0) is 47.2 Å². The molecule has 21 heteroatoms. The van der Waals surface area contributed by atoms with Crippen LogP contribution >= 0.6 is 0 Å². The van der Waals surface area contributed by atoms with Gasteiger partial charge in [0.05, 0.1) is 85.6 Å². The minimum atomic E-state index is -2.26. The molecule has 3 heterocycles. The number of amides is 2. The molecule has 3 aliphatic heterocycles. The predicted molar refractivity (Wildman–Crippen MR) is 268 cm³/mol. The molecule has 0 aliphatic carbocycles. The Morgan fingerprint density at radius 3 is 1.93 bits per heavy atom. The van der Waals surface area contributed by atoms with E-state index in [-0.39, 0.29) is 31.6 Å². The normalized spacial score (nSPS) is 42.2. The molecule has 0 saturated carbocycles. The molecule has 2 saturated heterocycles. The van der Waals surface area contributed by atoms with Crippen molar-refractivity contribution in [2.75, 3.05) is 27.2 Å². The number of hydrogen-bond donors (Lipinski definition) is 14. The van der Waals surface area contributed by atoms with Crippen LogP contribution in [0, 0.1) is 11.8 Å². The minimum absolute atomic E-state index is 0.0966. The van der Waals surface area contributed by atoms with Crippen LogP contribution in [0.25, 0.3) is 0 Å². The lowest BCUT2D eigenvalue weighted by Crippen LogP contribution is -2.64. The number of nitrogens with one attached hydrogen (secondary N) is 3. The Morgan fingerprint density at radius 2 is 1.32 bits per heavy atom. The molecule has 0 unspecified atom stereocenters. The monoisotopic (exact) mass is 1020 g/mol. The number of hydrogen-bond acceptors (Lipinski definition) is 19. The molecule has 0 aromatic rings. The lowest BCUT2D eigenvalue weighted by Gasteiger charge is -2.46. The number of rotatable bonds is 7. The molecule has 21 nitrogen and oxygen atoms in total. The van der Waals surface area contributed by atoms with Crippen LogP contribution in [-0.2, 0) is 23.7 Å². The Labute approximate surface area is 424 Å². The highest BCUT2D eigenvalue weighted by atomic mass is 16.7. The third kappa shape index (κ3) is 22.4. The fraction of sp³-hybridized carbons (Fsp3) is 0.686. The zero-order valence-electron chi connectivity index (χ0n) is 42.5. The lowest BCUT2D eigenvalue weighted by molar-refractivity contribution is -0.303. The number of carbonyl (C=O) groups is 2. The molecule has 0 radical (unpaired) electrons. The van der Waals surface area contributed by atoms with Crippen molar-refractivity contribution in [1.29, 1.82) is 0 Å². The van der Waals surface area contributed by atoms with Crippen LogP contribution in [0.4, 0.5) is 4.79 Å². The quantitative estimate of drug-likeness (QED) is 0.0888. The van der Waals surface area contributed by atoms with E-state index in [9.17, 15) is 60.7 Å². The Balaban J connectivity index is 1.92. The maximum Gasteiger partial charge on any atom is 0.329 e. The van der Waals surface area contributed by atoms with Gasteiger partial charge in [-0.15, -0.1) is 0 Å². The largest absolute Gasteiger partial charge is 0.462 e. The average molecular weight is 1020 g/mol. The van der Waals surface area contributed by atoms with Crippen LogP contribution in [-0.4, -0.2) is 199 Å². The average Bonchev–Trinajstić information content (AvgIpc) is 3.30. The highest BCUT2D eigenvalue weighted by molar-refractivity contribution is 5.73. The first-order valence-corrected chi connectivity index (χ1v) is 24.9. The number of aliphatic hydroxyl groups is 10. The van der Waals surface area contributed by atoms with Crippen molar-refractivity contribution >= 4 is 12.0 Å². The van der Waals surface area contributed by atoms with Crippen molar-refractivity contribution in [1.82, 2.24) is 21.1 Å². The fourth-order valence-electron chi connectivity index (χ4n) is 8.44. The van der Waals surface area contributed by atoms with Crippen molar-refractivity contribution in [3.8, 4) is 0 Å². The number of likely N-dealkylation sites (N-methyl/N-ethyl adjacent to an activating group) is 1. The van der Waals surface area contributed by atoms with Crippen molar-refractivity contribution in [3.05, 3.63) is 85.1 Å². The zero-order chi connectivity index (χ0) is 53.5. The third-order valence-corrected chi connectivity index (χ3v) is 12.9. The first-order chi connectivity index (χ1) is 34.0. The van der Waals surface area contributed by atoms with Gasteiger partial charge >= 0.3 is 12.0 Å². The van der Waals surface area contributed by atoms with E-state index >= 15 is 0 Å². The Hall–Kier alpha value is -3.72. The number of nitrogens with zero attached hydrogens (tertiary/aromatic N) is 1. The summed E-state index contributed by atoms with van der Waals surface area (Å²) < 4.78 is 23.8. The molecule has 410 valence electrons.